The van der Waals surface area contributed by atoms with E-state index in [1.165, 1.54) is 30.1 Å². The van der Waals surface area contributed by atoms with E-state index in [1.807, 2.05) is 0 Å². The van der Waals surface area contributed by atoms with Gasteiger partial charge in [0, 0.05) is 24.1 Å². The molecule has 0 saturated carbocycles. The number of aryl methyl sites for hydroxylation is 1. The van der Waals surface area contributed by atoms with Crippen LogP contribution in [0.1, 0.15) is 34.8 Å². The van der Waals surface area contributed by atoms with Crippen LogP contribution in [0.3, 0.4) is 0 Å². The summed E-state index contributed by atoms with van der Waals surface area (Å²) < 4.78 is 25.9. The molecule has 138 valence electrons. The van der Waals surface area contributed by atoms with E-state index in [9.17, 15) is 18.3 Å². The fraction of sp³-hybridized carbons (Fsp3) is 0.312. The zero-order chi connectivity index (χ0) is 19.1. The van der Waals surface area contributed by atoms with Gasteiger partial charge in [0.15, 0.2) is 9.84 Å². The van der Waals surface area contributed by atoms with E-state index >= 15 is 0 Å². The van der Waals surface area contributed by atoms with Crippen LogP contribution >= 0.6 is 11.6 Å². The number of hydrogen-bond acceptors (Lipinski definition) is 7. The van der Waals surface area contributed by atoms with Crippen molar-refractivity contribution in [2.45, 2.75) is 24.8 Å². The molecule has 0 bridgehead atoms. The molecule has 1 aromatic heterocycles. The Balaban J connectivity index is 2.19. The standard InChI is InChI=1S/C16H16ClN3O5S/c1-3-20-16(22)10(8-18-20)15(21)9-4-5-12-13(14(9)17)11(19-25-2)6-7-26(12,23)24/h4-5,8,22H,3,6-7H2,1-2H3/b19-11+. The molecule has 1 aliphatic heterocycles. The van der Waals surface area contributed by atoms with Gasteiger partial charge in [-0.05, 0) is 19.1 Å². The number of aromatic nitrogens is 2. The number of ketones is 1. The molecule has 0 aliphatic carbocycles. The van der Waals surface area contributed by atoms with Crippen molar-refractivity contribution >= 4 is 32.9 Å². The first-order valence-electron chi connectivity index (χ1n) is 7.77. The van der Waals surface area contributed by atoms with Crippen molar-refractivity contribution in [1.29, 1.82) is 0 Å². The molecule has 3 rings (SSSR count). The van der Waals surface area contributed by atoms with Gasteiger partial charge in [0.05, 0.1) is 27.6 Å². The van der Waals surface area contributed by atoms with Gasteiger partial charge in [-0.15, -0.1) is 0 Å². The fourth-order valence-electron chi connectivity index (χ4n) is 2.84. The maximum Gasteiger partial charge on any atom is 0.220 e. The summed E-state index contributed by atoms with van der Waals surface area (Å²) in [4.78, 5) is 17.6. The van der Waals surface area contributed by atoms with Crippen molar-refractivity contribution in [2.24, 2.45) is 5.16 Å². The number of carbonyl (C=O) groups is 1. The second-order valence-corrected chi connectivity index (χ2v) is 8.07. The highest BCUT2D eigenvalue weighted by atomic mass is 35.5. The summed E-state index contributed by atoms with van der Waals surface area (Å²) >= 11 is 6.39. The fourth-order valence-corrected chi connectivity index (χ4v) is 4.75. The third-order valence-electron chi connectivity index (χ3n) is 4.14. The molecule has 1 aromatic carbocycles. The molecule has 1 aliphatic rings. The van der Waals surface area contributed by atoms with E-state index in [4.69, 9.17) is 16.4 Å². The molecule has 8 nitrogen and oxygen atoms in total. The van der Waals surface area contributed by atoms with E-state index in [0.717, 1.165) is 0 Å². The first-order chi connectivity index (χ1) is 12.3. The lowest BCUT2D eigenvalue weighted by Gasteiger charge is -2.20. The predicted octanol–water partition coefficient (Wildman–Crippen LogP) is 2.02. The SMILES string of the molecule is CCn1ncc(C(=O)c2ccc3c(c2Cl)/C(=N/OC)CCS3(=O)=O)c1O. The first kappa shape index (κ1) is 18.4. The average molecular weight is 398 g/mol. The Kier molecular flexibility index (Phi) is 4.76. The van der Waals surface area contributed by atoms with E-state index in [1.54, 1.807) is 6.92 Å². The number of carbonyl (C=O) groups excluding carboxylic acids is 1. The molecule has 0 saturated heterocycles. The van der Waals surface area contributed by atoms with Crippen LogP contribution in [-0.4, -0.2) is 47.7 Å². The molecule has 2 aromatic rings. The Morgan fingerprint density at radius 1 is 1.42 bits per heavy atom. The van der Waals surface area contributed by atoms with Crippen molar-refractivity contribution in [2.75, 3.05) is 12.9 Å². The van der Waals surface area contributed by atoms with Crippen LogP contribution in [0, 0.1) is 0 Å². The number of aromatic hydroxyl groups is 1. The highest BCUT2D eigenvalue weighted by Crippen LogP contribution is 2.35. The van der Waals surface area contributed by atoms with Gasteiger partial charge in [-0.1, -0.05) is 16.8 Å². The summed E-state index contributed by atoms with van der Waals surface area (Å²) in [5.41, 5.74) is 0.549. The minimum Gasteiger partial charge on any atom is -0.493 e. The quantitative estimate of drug-likeness (QED) is 0.624. The number of sulfone groups is 1. The molecule has 0 unspecified atom stereocenters. The summed E-state index contributed by atoms with van der Waals surface area (Å²) in [6.45, 7) is 2.16. The second kappa shape index (κ2) is 6.73. The molecule has 2 heterocycles. The summed E-state index contributed by atoms with van der Waals surface area (Å²) in [5, 5.41) is 17.8. The van der Waals surface area contributed by atoms with E-state index in [0.29, 0.717) is 12.3 Å². The van der Waals surface area contributed by atoms with Crippen molar-refractivity contribution < 1.29 is 23.2 Å². The maximum absolute atomic E-state index is 12.8. The second-order valence-electron chi connectivity index (χ2n) is 5.62. The van der Waals surface area contributed by atoms with Gasteiger partial charge in [0.2, 0.25) is 11.7 Å². The van der Waals surface area contributed by atoms with Crippen LogP contribution in [0.2, 0.25) is 5.02 Å². The smallest absolute Gasteiger partial charge is 0.220 e. The summed E-state index contributed by atoms with van der Waals surface area (Å²) in [7, 11) is -2.19. The van der Waals surface area contributed by atoms with Crippen molar-refractivity contribution in [3.8, 4) is 5.88 Å². The lowest BCUT2D eigenvalue weighted by Crippen LogP contribution is -2.23. The number of fused-ring (bicyclic) bond motifs is 1. The van der Waals surface area contributed by atoms with E-state index in [2.05, 4.69) is 10.3 Å². The van der Waals surface area contributed by atoms with Gasteiger partial charge in [0.25, 0.3) is 0 Å². The molecule has 0 radical (unpaired) electrons. The van der Waals surface area contributed by atoms with Crippen LogP contribution in [0.15, 0.2) is 28.4 Å². The minimum atomic E-state index is -3.53. The van der Waals surface area contributed by atoms with Crippen LogP contribution in [0.25, 0.3) is 0 Å². The van der Waals surface area contributed by atoms with Gasteiger partial charge >= 0.3 is 0 Å². The molecule has 0 fully saturated rings. The van der Waals surface area contributed by atoms with Gasteiger partial charge in [0.1, 0.15) is 12.7 Å². The molecule has 0 amide bonds. The topological polar surface area (TPSA) is 111 Å². The zero-order valence-corrected chi connectivity index (χ0v) is 15.6. The zero-order valence-electron chi connectivity index (χ0n) is 14.1. The number of benzene rings is 1. The van der Waals surface area contributed by atoms with Crippen LogP contribution in [-0.2, 0) is 21.2 Å². The lowest BCUT2D eigenvalue weighted by atomic mass is 9.99. The molecule has 0 atom stereocenters. The number of oxime groups is 1. The van der Waals surface area contributed by atoms with Crippen molar-refractivity contribution in [3.05, 3.63) is 40.0 Å². The highest BCUT2D eigenvalue weighted by molar-refractivity contribution is 7.91. The third kappa shape index (κ3) is 2.86. The number of hydrogen-bond donors (Lipinski definition) is 1. The molecular formula is C16H16ClN3O5S. The highest BCUT2D eigenvalue weighted by Gasteiger charge is 2.33. The van der Waals surface area contributed by atoms with Crippen molar-refractivity contribution in [3.63, 3.8) is 0 Å². The summed E-state index contributed by atoms with van der Waals surface area (Å²) in [6.07, 6.45) is 1.37. The van der Waals surface area contributed by atoms with Crippen molar-refractivity contribution in [1.82, 2.24) is 9.78 Å². The van der Waals surface area contributed by atoms with E-state index < -0.39 is 15.6 Å². The summed E-state index contributed by atoms with van der Waals surface area (Å²) in [6, 6.07) is 2.66. The van der Waals surface area contributed by atoms with Gasteiger partial charge in [-0.25, -0.2) is 13.1 Å². The number of nitrogens with zero attached hydrogens (tertiary/aromatic N) is 3. The predicted molar refractivity (Wildman–Crippen MR) is 94.7 cm³/mol. The Morgan fingerprint density at radius 3 is 2.77 bits per heavy atom. The molecular weight excluding hydrogens is 382 g/mol. The Labute approximate surface area is 154 Å². The molecule has 1 N–H and O–H groups in total. The normalized spacial score (nSPS) is 17.1. The van der Waals surface area contributed by atoms with Gasteiger partial charge < -0.3 is 9.94 Å². The number of rotatable bonds is 4. The minimum absolute atomic E-state index is 0.00887. The molecule has 0 spiro atoms. The average Bonchev–Trinajstić information content (AvgIpc) is 2.98. The van der Waals surface area contributed by atoms with Gasteiger partial charge in [-0.2, -0.15) is 5.10 Å². The Morgan fingerprint density at radius 2 is 2.15 bits per heavy atom. The third-order valence-corrected chi connectivity index (χ3v) is 6.28. The van der Waals surface area contributed by atoms with Crippen LogP contribution in [0.5, 0.6) is 5.88 Å². The number of halogens is 1. The first-order valence-corrected chi connectivity index (χ1v) is 9.80. The lowest BCUT2D eigenvalue weighted by molar-refractivity contribution is 0.103. The molecule has 10 heteroatoms. The Bertz CT molecular complexity index is 1030. The van der Waals surface area contributed by atoms with Crippen LogP contribution in [0.4, 0.5) is 0 Å². The van der Waals surface area contributed by atoms with E-state index in [-0.39, 0.29) is 44.7 Å². The Hall–Kier alpha value is -2.39. The largest absolute Gasteiger partial charge is 0.493 e. The summed E-state index contributed by atoms with van der Waals surface area (Å²) in [5.74, 6) is -0.949. The monoisotopic (exact) mass is 397 g/mol. The van der Waals surface area contributed by atoms with Crippen LogP contribution < -0.4 is 0 Å². The maximum atomic E-state index is 12.8. The molecule has 26 heavy (non-hydrogen) atoms. The van der Waals surface area contributed by atoms with Gasteiger partial charge in [-0.3, -0.25) is 4.79 Å².